The molecule has 0 spiro atoms. The molecule has 170 valence electrons. The second-order valence-corrected chi connectivity index (χ2v) is 7.42. The van der Waals surface area contributed by atoms with Gasteiger partial charge in [0.15, 0.2) is 0 Å². The van der Waals surface area contributed by atoms with Crippen LogP contribution < -0.4 is 4.74 Å². The highest BCUT2D eigenvalue weighted by molar-refractivity contribution is 6.36. The molecule has 1 aliphatic rings. The predicted molar refractivity (Wildman–Crippen MR) is 123 cm³/mol. The lowest BCUT2D eigenvalue weighted by Crippen LogP contribution is -2.36. The molecule has 0 N–H and O–H groups in total. The first-order chi connectivity index (χ1) is 15.6. The third-order valence-corrected chi connectivity index (χ3v) is 5.51. The summed E-state index contributed by atoms with van der Waals surface area (Å²) in [7, 11) is 1.57. The number of carbonyl (C=O) groups is 2. The molecular weight excluding hydrogens is 406 g/mol. The molecule has 0 saturated carbocycles. The average molecular weight is 438 g/mol. The molecule has 0 radical (unpaired) electrons. The summed E-state index contributed by atoms with van der Waals surface area (Å²) in [6.45, 7) is 6.57. The lowest BCUT2D eigenvalue weighted by molar-refractivity contribution is -0.137. The van der Waals surface area contributed by atoms with Gasteiger partial charge in [-0.1, -0.05) is 18.2 Å². The van der Waals surface area contributed by atoms with Crippen LogP contribution in [0.2, 0.25) is 0 Å². The van der Waals surface area contributed by atoms with E-state index in [0.29, 0.717) is 61.9 Å². The van der Waals surface area contributed by atoms with E-state index in [1.807, 2.05) is 55.1 Å². The van der Waals surface area contributed by atoms with Gasteiger partial charge in [-0.3, -0.25) is 19.5 Å². The number of nitrogens with zero attached hydrogens (tertiary/aromatic N) is 3. The number of imide groups is 1. The highest BCUT2D eigenvalue weighted by Crippen LogP contribution is 2.36. The van der Waals surface area contributed by atoms with Crippen molar-refractivity contribution in [1.82, 2.24) is 14.8 Å². The van der Waals surface area contributed by atoms with Crippen molar-refractivity contribution >= 4 is 17.4 Å². The summed E-state index contributed by atoms with van der Waals surface area (Å²) in [5.74, 6) is 0.0276. The van der Waals surface area contributed by atoms with Crippen molar-refractivity contribution in [3.05, 3.63) is 65.6 Å². The van der Waals surface area contributed by atoms with Crippen LogP contribution in [0.4, 0.5) is 0 Å². The van der Waals surface area contributed by atoms with Gasteiger partial charge >= 0.3 is 0 Å². The standard InChI is InChI=1S/C25H31N3O4/c1-4-27(17-13-19-11-14-26-15-12-19)23-22(20-9-6-7-10-21(20)31-3)24(29)28(25(23)30)16-8-18-32-5-2/h6-7,9-12,14-15H,4-5,8,13,16-18H2,1-3H3. The summed E-state index contributed by atoms with van der Waals surface area (Å²) in [5, 5.41) is 0. The number of ether oxygens (including phenoxy) is 2. The van der Waals surface area contributed by atoms with E-state index < -0.39 is 0 Å². The van der Waals surface area contributed by atoms with Crippen LogP contribution in [0.25, 0.3) is 5.57 Å². The number of likely N-dealkylation sites (N-methyl/N-ethyl adjacent to an activating group) is 1. The van der Waals surface area contributed by atoms with Crippen LogP contribution in [0, 0.1) is 0 Å². The van der Waals surface area contributed by atoms with Gasteiger partial charge in [-0.05, 0) is 50.5 Å². The van der Waals surface area contributed by atoms with Crippen LogP contribution in [0.5, 0.6) is 5.75 Å². The summed E-state index contributed by atoms with van der Waals surface area (Å²) in [4.78, 5) is 34.3. The van der Waals surface area contributed by atoms with E-state index in [0.717, 1.165) is 12.0 Å². The molecule has 3 rings (SSSR count). The highest BCUT2D eigenvalue weighted by Gasteiger charge is 2.41. The first-order valence-electron chi connectivity index (χ1n) is 11.1. The van der Waals surface area contributed by atoms with E-state index in [9.17, 15) is 9.59 Å². The molecule has 7 nitrogen and oxygen atoms in total. The van der Waals surface area contributed by atoms with E-state index >= 15 is 0 Å². The Bertz CT molecular complexity index is 959. The first-order valence-corrected chi connectivity index (χ1v) is 11.1. The van der Waals surface area contributed by atoms with Gasteiger partial charge in [-0.25, -0.2) is 0 Å². The Balaban J connectivity index is 1.95. The monoisotopic (exact) mass is 437 g/mol. The summed E-state index contributed by atoms with van der Waals surface area (Å²) < 4.78 is 10.9. The fourth-order valence-corrected chi connectivity index (χ4v) is 3.86. The lowest BCUT2D eigenvalue weighted by atomic mass is 10.0. The van der Waals surface area contributed by atoms with Crippen LogP contribution in [0.15, 0.2) is 54.5 Å². The lowest BCUT2D eigenvalue weighted by Gasteiger charge is -2.25. The van der Waals surface area contributed by atoms with Crippen LogP contribution in [0.3, 0.4) is 0 Å². The Hall–Kier alpha value is -3.19. The zero-order valence-electron chi connectivity index (χ0n) is 19.0. The number of pyridine rings is 1. The Kier molecular flexibility index (Phi) is 8.39. The molecular formula is C25H31N3O4. The molecule has 1 aromatic carbocycles. The number of hydrogen-bond acceptors (Lipinski definition) is 6. The molecule has 32 heavy (non-hydrogen) atoms. The van der Waals surface area contributed by atoms with E-state index in [4.69, 9.17) is 9.47 Å². The van der Waals surface area contributed by atoms with Crippen molar-refractivity contribution in [2.45, 2.75) is 26.7 Å². The maximum Gasteiger partial charge on any atom is 0.277 e. The molecule has 2 heterocycles. The maximum absolute atomic E-state index is 13.5. The SMILES string of the molecule is CCOCCCN1C(=O)C(c2ccccc2OC)=C(N(CC)CCc2ccncc2)C1=O. The van der Waals surface area contributed by atoms with Gasteiger partial charge in [-0.2, -0.15) is 0 Å². The van der Waals surface area contributed by atoms with Crippen molar-refractivity contribution < 1.29 is 19.1 Å². The number of hydrogen-bond donors (Lipinski definition) is 0. The van der Waals surface area contributed by atoms with Gasteiger partial charge in [-0.15, -0.1) is 0 Å². The minimum Gasteiger partial charge on any atom is -0.496 e. The van der Waals surface area contributed by atoms with Crippen LogP contribution in [-0.4, -0.2) is 66.6 Å². The molecule has 1 aliphatic heterocycles. The van der Waals surface area contributed by atoms with E-state index in [1.165, 1.54) is 4.90 Å². The van der Waals surface area contributed by atoms with Crippen molar-refractivity contribution in [3.63, 3.8) is 0 Å². The van der Waals surface area contributed by atoms with Gasteiger partial charge in [0.1, 0.15) is 11.4 Å². The molecule has 0 unspecified atom stereocenters. The zero-order valence-corrected chi connectivity index (χ0v) is 19.0. The van der Waals surface area contributed by atoms with E-state index in [1.54, 1.807) is 19.5 Å². The average Bonchev–Trinajstić information content (AvgIpc) is 3.07. The number of methoxy groups -OCH3 is 1. The molecule has 7 heteroatoms. The molecule has 2 amide bonds. The molecule has 0 saturated heterocycles. The third-order valence-electron chi connectivity index (χ3n) is 5.51. The molecule has 0 bridgehead atoms. The van der Waals surface area contributed by atoms with Crippen molar-refractivity contribution in [1.29, 1.82) is 0 Å². The third kappa shape index (κ3) is 5.16. The molecule has 0 aliphatic carbocycles. The maximum atomic E-state index is 13.5. The van der Waals surface area contributed by atoms with Gasteiger partial charge in [0.05, 0.1) is 12.7 Å². The summed E-state index contributed by atoms with van der Waals surface area (Å²) >= 11 is 0. The Morgan fingerprint density at radius 2 is 1.78 bits per heavy atom. The second-order valence-electron chi connectivity index (χ2n) is 7.42. The number of benzene rings is 1. The van der Waals surface area contributed by atoms with Gasteiger partial charge in [0.25, 0.3) is 11.8 Å². The number of amides is 2. The van der Waals surface area contributed by atoms with Gasteiger partial charge < -0.3 is 14.4 Å². The molecule has 2 aromatic rings. The quantitative estimate of drug-likeness (QED) is 0.375. The topological polar surface area (TPSA) is 72.0 Å². The normalized spacial score (nSPS) is 13.8. The highest BCUT2D eigenvalue weighted by atomic mass is 16.5. The number of carbonyl (C=O) groups excluding carboxylic acids is 2. The fourth-order valence-electron chi connectivity index (χ4n) is 3.86. The predicted octanol–water partition coefficient (Wildman–Crippen LogP) is 3.16. The first kappa shape index (κ1) is 23.5. The number of aromatic nitrogens is 1. The number of rotatable bonds is 12. The van der Waals surface area contributed by atoms with Crippen LogP contribution >= 0.6 is 0 Å². The van der Waals surface area contributed by atoms with E-state index in [2.05, 4.69) is 4.98 Å². The molecule has 0 atom stereocenters. The summed E-state index contributed by atoms with van der Waals surface area (Å²) in [5.41, 5.74) is 2.61. The van der Waals surface area contributed by atoms with Crippen molar-refractivity contribution in [3.8, 4) is 5.75 Å². The van der Waals surface area contributed by atoms with Gasteiger partial charge in [0.2, 0.25) is 0 Å². The Morgan fingerprint density at radius 3 is 2.47 bits per heavy atom. The van der Waals surface area contributed by atoms with Crippen LogP contribution in [0.1, 0.15) is 31.4 Å². The van der Waals surface area contributed by atoms with Crippen LogP contribution in [-0.2, 0) is 20.7 Å². The Morgan fingerprint density at radius 1 is 1.03 bits per heavy atom. The fraction of sp³-hybridized carbons (Fsp3) is 0.400. The molecule has 0 fully saturated rings. The van der Waals surface area contributed by atoms with E-state index in [-0.39, 0.29) is 11.8 Å². The minimum atomic E-state index is -0.284. The smallest absolute Gasteiger partial charge is 0.277 e. The minimum absolute atomic E-state index is 0.260. The van der Waals surface area contributed by atoms with Crippen molar-refractivity contribution in [2.75, 3.05) is 40.0 Å². The second kappa shape index (κ2) is 11.4. The Labute approximate surface area is 189 Å². The molecule has 1 aromatic heterocycles. The summed E-state index contributed by atoms with van der Waals surface area (Å²) in [6, 6.07) is 11.3. The summed E-state index contributed by atoms with van der Waals surface area (Å²) in [6.07, 6.45) is 4.86. The largest absolute Gasteiger partial charge is 0.496 e. The zero-order chi connectivity index (χ0) is 22.9. The van der Waals surface area contributed by atoms with Crippen molar-refractivity contribution in [2.24, 2.45) is 0 Å². The van der Waals surface area contributed by atoms with Gasteiger partial charge in [0, 0.05) is 50.8 Å². The number of para-hydroxylation sites is 1.